The molecule has 2 aromatic carbocycles. The van der Waals surface area contributed by atoms with Gasteiger partial charge in [0.1, 0.15) is 12.4 Å². The van der Waals surface area contributed by atoms with Crippen LogP contribution in [0.15, 0.2) is 42.5 Å². The summed E-state index contributed by atoms with van der Waals surface area (Å²) in [5.74, 6) is -0.390. The predicted molar refractivity (Wildman–Crippen MR) is 101 cm³/mol. The second-order valence-corrected chi connectivity index (χ2v) is 6.97. The zero-order chi connectivity index (χ0) is 19.1. The molecule has 0 aromatic heterocycles. The van der Waals surface area contributed by atoms with Gasteiger partial charge in [-0.15, -0.1) is 0 Å². The van der Waals surface area contributed by atoms with Crippen LogP contribution in [0.5, 0.6) is 11.5 Å². The SMILES string of the molecule is O=C(O)CCc1ccc(OCc2cccc(OC3CCCCC3)c2)c(F)c1. The lowest BCUT2D eigenvalue weighted by Gasteiger charge is -2.23. The molecule has 0 atom stereocenters. The summed E-state index contributed by atoms with van der Waals surface area (Å²) in [6, 6.07) is 12.3. The first kappa shape index (κ1) is 19.2. The topological polar surface area (TPSA) is 55.8 Å². The fraction of sp³-hybridized carbons (Fsp3) is 0.409. The Labute approximate surface area is 158 Å². The molecule has 0 radical (unpaired) electrons. The van der Waals surface area contributed by atoms with E-state index in [9.17, 15) is 9.18 Å². The van der Waals surface area contributed by atoms with Crippen molar-refractivity contribution in [3.63, 3.8) is 0 Å². The molecule has 0 unspecified atom stereocenters. The van der Waals surface area contributed by atoms with Gasteiger partial charge in [-0.2, -0.15) is 0 Å². The second-order valence-electron chi connectivity index (χ2n) is 6.97. The Kier molecular flexibility index (Phi) is 6.69. The Hall–Kier alpha value is -2.56. The van der Waals surface area contributed by atoms with Gasteiger partial charge in [0.15, 0.2) is 11.6 Å². The van der Waals surface area contributed by atoms with E-state index in [-0.39, 0.29) is 24.9 Å². The number of aliphatic carboxylic acids is 1. The number of hydrogen-bond acceptors (Lipinski definition) is 3. The molecule has 1 aliphatic rings. The highest BCUT2D eigenvalue weighted by atomic mass is 19.1. The Morgan fingerprint density at radius 2 is 1.89 bits per heavy atom. The number of carboxylic acids is 1. The van der Waals surface area contributed by atoms with E-state index in [1.54, 1.807) is 12.1 Å². The van der Waals surface area contributed by atoms with Crippen LogP contribution in [0.2, 0.25) is 0 Å². The third-order valence-electron chi connectivity index (χ3n) is 4.77. The highest BCUT2D eigenvalue weighted by Crippen LogP contribution is 2.25. The van der Waals surface area contributed by atoms with Gasteiger partial charge in [0.2, 0.25) is 0 Å². The first-order chi connectivity index (χ1) is 13.1. The van der Waals surface area contributed by atoms with Gasteiger partial charge in [-0.1, -0.05) is 24.6 Å². The van der Waals surface area contributed by atoms with Crippen molar-refractivity contribution in [2.45, 2.75) is 57.7 Å². The molecule has 0 heterocycles. The third kappa shape index (κ3) is 5.98. The molecule has 0 amide bonds. The van der Waals surface area contributed by atoms with E-state index < -0.39 is 11.8 Å². The van der Waals surface area contributed by atoms with Gasteiger partial charge in [-0.25, -0.2) is 4.39 Å². The van der Waals surface area contributed by atoms with Crippen LogP contribution >= 0.6 is 0 Å². The molecule has 2 aromatic rings. The molecule has 27 heavy (non-hydrogen) atoms. The molecule has 0 spiro atoms. The second kappa shape index (κ2) is 9.40. The van der Waals surface area contributed by atoms with Gasteiger partial charge >= 0.3 is 5.97 Å². The standard InChI is InChI=1S/C22H25FO4/c23-20-14-16(10-12-22(24)25)9-11-21(20)26-15-17-5-4-8-19(13-17)27-18-6-2-1-3-7-18/h4-5,8-9,11,13-14,18H,1-3,6-7,10,12,15H2,(H,24,25). The van der Waals surface area contributed by atoms with Crippen molar-refractivity contribution in [1.82, 2.24) is 0 Å². The molecule has 1 aliphatic carbocycles. The van der Waals surface area contributed by atoms with Crippen LogP contribution in [0, 0.1) is 5.82 Å². The fourth-order valence-electron chi connectivity index (χ4n) is 3.31. The van der Waals surface area contributed by atoms with Crippen molar-refractivity contribution in [3.8, 4) is 11.5 Å². The van der Waals surface area contributed by atoms with Crippen LogP contribution < -0.4 is 9.47 Å². The maximum absolute atomic E-state index is 14.2. The van der Waals surface area contributed by atoms with Crippen LogP contribution in [0.4, 0.5) is 4.39 Å². The molecule has 5 heteroatoms. The maximum atomic E-state index is 14.2. The third-order valence-corrected chi connectivity index (χ3v) is 4.77. The van der Waals surface area contributed by atoms with Gasteiger partial charge in [-0.3, -0.25) is 4.79 Å². The lowest BCUT2D eigenvalue weighted by atomic mass is 9.98. The minimum atomic E-state index is -0.897. The molecule has 1 fully saturated rings. The summed E-state index contributed by atoms with van der Waals surface area (Å²) in [5.41, 5.74) is 1.56. The van der Waals surface area contributed by atoms with E-state index in [4.69, 9.17) is 14.6 Å². The number of hydrogen-bond donors (Lipinski definition) is 1. The number of halogens is 1. The quantitative estimate of drug-likeness (QED) is 0.698. The average Bonchev–Trinajstić information content (AvgIpc) is 2.67. The number of ether oxygens (including phenoxy) is 2. The molecule has 144 valence electrons. The van der Waals surface area contributed by atoms with Gasteiger partial charge < -0.3 is 14.6 Å². The largest absolute Gasteiger partial charge is 0.490 e. The van der Waals surface area contributed by atoms with Crippen LogP contribution in [0.1, 0.15) is 49.7 Å². The Morgan fingerprint density at radius 3 is 2.63 bits per heavy atom. The summed E-state index contributed by atoms with van der Waals surface area (Å²) in [4.78, 5) is 10.6. The zero-order valence-corrected chi connectivity index (χ0v) is 15.3. The smallest absolute Gasteiger partial charge is 0.303 e. The monoisotopic (exact) mass is 372 g/mol. The van der Waals surface area contributed by atoms with Crippen LogP contribution in [-0.4, -0.2) is 17.2 Å². The summed E-state index contributed by atoms with van der Waals surface area (Å²) >= 11 is 0. The summed E-state index contributed by atoms with van der Waals surface area (Å²) in [7, 11) is 0. The van der Waals surface area contributed by atoms with E-state index >= 15 is 0 Å². The summed E-state index contributed by atoms with van der Waals surface area (Å²) in [6.07, 6.45) is 6.48. The minimum absolute atomic E-state index is 0.0204. The van der Waals surface area contributed by atoms with Crippen molar-refractivity contribution >= 4 is 5.97 Å². The number of aryl methyl sites for hydroxylation is 1. The van der Waals surface area contributed by atoms with Crippen molar-refractivity contribution in [2.75, 3.05) is 0 Å². The fourth-order valence-corrected chi connectivity index (χ4v) is 3.31. The lowest BCUT2D eigenvalue weighted by Crippen LogP contribution is -2.19. The molecule has 0 aliphatic heterocycles. The summed E-state index contributed by atoms with van der Waals surface area (Å²) < 4.78 is 25.8. The van der Waals surface area contributed by atoms with E-state index in [1.165, 1.54) is 25.3 Å². The van der Waals surface area contributed by atoms with E-state index in [1.807, 2.05) is 24.3 Å². The highest BCUT2D eigenvalue weighted by Gasteiger charge is 2.15. The van der Waals surface area contributed by atoms with Crippen molar-refractivity contribution < 1.29 is 23.8 Å². The summed E-state index contributed by atoms with van der Waals surface area (Å²) in [6.45, 7) is 0.243. The maximum Gasteiger partial charge on any atom is 0.303 e. The molecule has 1 saturated carbocycles. The number of carboxylic acid groups (broad SMARTS) is 1. The van der Waals surface area contributed by atoms with Crippen LogP contribution in [-0.2, 0) is 17.8 Å². The van der Waals surface area contributed by atoms with Gasteiger partial charge in [0.05, 0.1) is 6.10 Å². The zero-order valence-electron chi connectivity index (χ0n) is 15.3. The van der Waals surface area contributed by atoms with E-state index in [2.05, 4.69) is 0 Å². The van der Waals surface area contributed by atoms with Crippen molar-refractivity contribution in [1.29, 1.82) is 0 Å². The van der Waals surface area contributed by atoms with E-state index in [0.717, 1.165) is 24.2 Å². The van der Waals surface area contributed by atoms with Gasteiger partial charge in [-0.05, 0) is 67.5 Å². The molecule has 1 N–H and O–H groups in total. The van der Waals surface area contributed by atoms with Gasteiger partial charge in [0, 0.05) is 6.42 Å². The molecule has 0 bridgehead atoms. The first-order valence-electron chi connectivity index (χ1n) is 9.49. The van der Waals surface area contributed by atoms with E-state index in [0.29, 0.717) is 12.0 Å². The average molecular weight is 372 g/mol. The Morgan fingerprint density at radius 1 is 1.07 bits per heavy atom. The molecule has 3 rings (SSSR count). The lowest BCUT2D eigenvalue weighted by molar-refractivity contribution is -0.136. The van der Waals surface area contributed by atoms with Gasteiger partial charge in [0.25, 0.3) is 0 Å². The van der Waals surface area contributed by atoms with Crippen LogP contribution in [0.3, 0.4) is 0 Å². The molecular formula is C22H25FO4. The van der Waals surface area contributed by atoms with Crippen molar-refractivity contribution in [3.05, 3.63) is 59.4 Å². The minimum Gasteiger partial charge on any atom is -0.490 e. The molecule has 4 nitrogen and oxygen atoms in total. The normalized spacial score (nSPS) is 14.7. The number of benzene rings is 2. The van der Waals surface area contributed by atoms with Crippen LogP contribution in [0.25, 0.3) is 0 Å². The predicted octanol–water partition coefficient (Wildman–Crippen LogP) is 5.13. The number of rotatable bonds is 8. The first-order valence-corrected chi connectivity index (χ1v) is 9.49. The van der Waals surface area contributed by atoms with Crippen molar-refractivity contribution in [2.24, 2.45) is 0 Å². The molecule has 0 saturated heterocycles. The summed E-state index contributed by atoms with van der Waals surface area (Å²) in [5, 5.41) is 8.71. The molecular weight excluding hydrogens is 347 g/mol. The number of carbonyl (C=O) groups is 1. The Bertz CT molecular complexity index is 769. The highest BCUT2D eigenvalue weighted by molar-refractivity contribution is 5.67. The Balaban J connectivity index is 1.56.